The molecule has 0 unspecified atom stereocenters. The smallest absolute Gasteiger partial charge is 0.370 e. The lowest BCUT2D eigenvalue weighted by Crippen LogP contribution is -2.34. The maximum Gasteiger partial charge on any atom is 0.411 e. The fourth-order valence-electron chi connectivity index (χ4n) is 1.88. The van der Waals surface area contributed by atoms with E-state index in [4.69, 9.17) is 0 Å². The number of hydrogen-bond donors (Lipinski definition) is 1. The fourth-order valence-corrected chi connectivity index (χ4v) is 1.88. The number of nitrogens with zero attached hydrogens (tertiary/aromatic N) is 2. The molecule has 0 aliphatic rings. The summed E-state index contributed by atoms with van der Waals surface area (Å²) < 4.78 is 41.0. The molecule has 0 atom stereocenters. The van der Waals surface area contributed by atoms with Crippen LogP contribution in [-0.2, 0) is 16.1 Å². The van der Waals surface area contributed by atoms with Gasteiger partial charge in [0.1, 0.15) is 13.2 Å². The Morgan fingerprint density at radius 1 is 1.30 bits per heavy atom. The van der Waals surface area contributed by atoms with Gasteiger partial charge in [-0.3, -0.25) is 14.2 Å². The Bertz CT molecular complexity index is 743. The third kappa shape index (κ3) is 5.06. The first kappa shape index (κ1) is 16.9. The molecular weight excluding hydrogens is 315 g/mol. The van der Waals surface area contributed by atoms with Crippen molar-refractivity contribution < 1.29 is 22.7 Å². The fraction of sp³-hybridized carbons (Fsp3) is 0.357. The van der Waals surface area contributed by atoms with Gasteiger partial charge in [-0.2, -0.15) is 13.2 Å². The lowest BCUT2D eigenvalue weighted by molar-refractivity contribution is -0.173. The highest BCUT2D eigenvalue weighted by atomic mass is 19.4. The van der Waals surface area contributed by atoms with Gasteiger partial charge in [0.05, 0.1) is 23.8 Å². The Labute approximate surface area is 128 Å². The molecule has 1 aromatic carbocycles. The normalized spacial score (nSPS) is 11.6. The molecule has 1 aromatic heterocycles. The highest BCUT2D eigenvalue weighted by molar-refractivity contribution is 5.78. The Morgan fingerprint density at radius 3 is 2.78 bits per heavy atom. The molecule has 1 N–H and O–H groups in total. The van der Waals surface area contributed by atoms with E-state index >= 15 is 0 Å². The predicted octanol–water partition coefficient (Wildman–Crippen LogP) is 1.09. The number of nitrogens with one attached hydrogen (secondary N) is 1. The summed E-state index contributed by atoms with van der Waals surface area (Å²) >= 11 is 0. The number of rotatable bonds is 6. The Morgan fingerprint density at radius 2 is 2.04 bits per heavy atom. The van der Waals surface area contributed by atoms with Crippen LogP contribution in [0, 0.1) is 0 Å². The summed E-state index contributed by atoms with van der Waals surface area (Å²) in [5.74, 6) is -0.514. The van der Waals surface area contributed by atoms with Crippen LogP contribution in [0.15, 0.2) is 35.4 Å². The van der Waals surface area contributed by atoms with E-state index in [-0.39, 0.29) is 25.3 Å². The zero-order valence-electron chi connectivity index (χ0n) is 12.0. The van der Waals surface area contributed by atoms with Crippen molar-refractivity contribution in [1.29, 1.82) is 0 Å². The second kappa shape index (κ2) is 7.23. The molecule has 0 radical (unpaired) electrons. The van der Waals surface area contributed by atoms with Gasteiger partial charge in [-0.15, -0.1) is 0 Å². The first-order valence-corrected chi connectivity index (χ1v) is 6.72. The molecule has 2 rings (SSSR count). The van der Waals surface area contributed by atoms with E-state index in [0.717, 1.165) is 4.57 Å². The standard InChI is InChI=1S/C14H14F3N3O3/c15-14(16,17)8-23-6-5-18-12(21)7-20-9-19-11-4-2-1-3-10(11)13(20)22/h1-4,9H,5-8H2,(H,18,21). The van der Waals surface area contributed by atoms with E-state index < -0.39 is 18.7 Å². The molecule has 0 saturated carbocycles. The third-order valence-electron chi connectivity index (χ3n) is 2.88. The van der Waals surface area contributed by atoms with E-state index in [9.17, 15) is 22.8 Å². The minimum absolute atomic E-state index is 0.0787. The largest absolute Gasteiger partial charge is 0.411 e. The highest BCUT2D eigenvalue weighted by Crippen LogP contribution is 2.13. The van der Waals surface area contributed by atoms with E-state index in [1.54, 1.807) is 24.3 Å². The summed E-state index contributed by atoms with van der Waals surface area (Å²) in [4.78, 5) is 27.9. The van der Waals surface area contributed by atoms with Crippen molar-refractivity contribution >= 4 is 16.8 Å². The van der Waals surface area contributed by atoms with Crippen molar-refractivity contribution in [1.82, 2.24) is 14.9 Å². The number of benzene rings is 1. The summed E-state index contributed by atoms with van der Waals surface area (Å²) in [6.45, 7) is -1.98. The van der Waals surface area contributed by atoms with Gasteiger partial charge < -0.3 is 10.1 Å². The molecule has 0 aliphatic heterocycles. The highest BCUT2D eigenvalue weighted by Gasteiger charge is 2.27. The molecule has 1 heterocycles. The number of carbonyl (C=O) groups is 1. The predicted molar refractivity (Wildman–Crippen MR) is 75.9 cm³/mol. The Hall–Kier alpha value is -2.42. The average Bonchev–Trinajstić information content (AvgIpc) is 2.49. The van der Waals surface area contributed by atoms with Gasteiger partial charge >= 0.3 is 6.18 Å². The van der Waals surface area contributed by atoms with Crippen LogP contribution < -0.4 is 10.9 Å². The van der Waals surface area contributed by atoms with E-state index in [1.165, 1.54) is 6.33 Å². The Balaban J connectivity index is 1.86. The summed E-state index contributed by atoms with van der Waals surface area (Å²) in [5.41, 5.74) is 0.161. The number of ether oxygens (including phenoxy) is 1. The number of fused-ring (bicyclic) bond motifs is 1. The van der Waals surface area contributed by atoms with Gasteiger partial charge in [-0.1, -0.05) is 12.1 Å². The van der Waals surface area contributed by atoms with E-state index in [2.05, 4.69) is 15.0 Å². The van der Waals surface area contributed by atoms with Crippen molar-refractivity contribution in [2.75, 3.05) is 19.8 Å². The van der Waals surface area contributed by atoms with Crippen molar-refractivity contribution in [2.24, 2.45) is 0 Å². The average molecular weight is 329 g/mol. The molecule has 1 amide bonds. The molecule has 0 spiro atoms. The van der Waals surface area contributed by atoms with Crippen LogP contribution in [0.25, 0.3) is 10.9 Å². The Kier molecular flexibility index (Phi) is 5.32. The number of alkyl halides is 3. The molecule has 0 saturated heterocycles. The monoisotopic (exact) mass is 329 g/mol. The third-order valence-corrected chi connectivity index (χ3v) is 2.88. The quantitative estimate of drug-likeness (QED) is 0.805. The number of amides is 1. The number of aromatic nitrogens is 2. The molecule has 0 fully saturated rings. The topological polar surface area (TPSA) is 73.2 Å². The summed E-state index contributed by atoms with van der Waals surface area (Å²) in [6, 6.07) is 6.71. The van der Waals surface area contributed by atoms with Crippen LogP contribution in [-0.4, -0.2) is 41.4 Å². The van der Waals surface area contributed by atoms with Crippen molar-refractivity contribution in [3.05, 3.63) is 40.9 Å². The lowest BCUT2D eigenvalue weighted by Gasteiger charge is -2.09. The second-order valence-electron chi connectivity index (χ2n) is 4.71. The molecule has 2 aromatic rings. The molecule has 0 bridgehead atoms. The zero-order valence-corrected chi connectivity index (χ0v) is 12.0. The minimum Gasteiger partial charge on any atom is -0.370 e. The molecule has 9 heteroatoms. The van der Waals surface area contributed by atoms with Crippen LogP contribution >= 0.6 is 0 Å². The summed E-state index contributed by atoms with van der Waals surface area (Å²) in [5, 5.41) is 2.76. The number of halogens is 3. The summed E-state index contributed by atoms with van der Waals surface area (Å²) in [7, 11) is 0. The molecular formula is C14H14F3N3O3. The van der Waals surface area contributed by atoms with E-state index in [1.807, 2.05) is 0 Å². The number of para-hydroxylation sites is 1. The van der Waals surface area contributed by atoms with Crippen LogP contribution in [0.1, 0.15) is 0 Å². The minimum atomic E-state index is -4.39. The van der Waals surface area contributed by atoms with Crippen LogP contribution in [0.4, 0.5) is 13.2 Å². The molecule has 23 heavy (non-hydrogen) atoms. The lowest BCUT2D eigenvalue weighted by atomic mass is 10.2. The van der Waals surface area contributed by atoms with Crippen molar-refractivity contribution in [3.8, 4) is 0 Å². The van der Waals surface area contributed by atoms with Gasteiger partial charge in [0, 0.05) is 6.54 Å². The number of carbonyl (C=O) groups excluding carboxylic acids is 1. The zero-order chi connectivity index (χ0) is 16.9. The SMILES string of the molecule is O=C(Cn1cnc2ccccc2c1=O)NCCOCC(F)(F)F. The van der Waals surface area contributed by atoms with Crippen LogP contribution in [0.2, 0.25) is 0 Å². The van der Waals surface area contributed by atoms with Crippen molar-refractivity contribution in [2.45, 2.75) is 12.7 Å². The van der Waals surface area contributed by atoms with Gasteiger partial charge in [-0.25, -0.2) is 4.98 Å². The first-order chi connectivity index (χ1) is 10.9. The van der Waals surface area contributed by atoms with Gasteiger partial charge in [-0.05, 0) is 12.1 Å². The maximum atomic E-state index is 12.1. The first-order valence-electron chi connectivity index (χ1n) is 6.72. The number of hydrogen-bond acceptors (Lipinski definition) is 4. The van der Waals surface area contributed by atoms with Crippen LogP contribution in [0.5, 0.6) is 0 Å². The van der Waals surface area contributed by atoms with Gasteiger partial charge in [0.25, 0.3) is 5.56 Å². The van der Waals surface area contributed by atoms with Crippen molar-refractivity contribution in [3.63, 3.8) is 0 Å². The molecule has 124 valence electrons. The summed E-state index contributed by atoms with van der Waals surface area (Å²) in [6.07, 6.45) is -3.14. The second-order valence-corrected chi connectivity index (χ2v) is 4.71. The molecule has 0 aliphatic carbocycles. The van der Waals surface area contributed by atoms with E-state index in [0.29, 0.717) is 10.9 Å². The molecule has 6 nitrogen and oxygen atoms in total. The maximum absolute atomic E-state index is 12.1. The van der Waals surface area contributed by atoms with Crippen LogP contribution in [0.3, 0.4) is 0 Å². The van der Waals surface area contributed by atoms with Gasteiger partial charge in [0.15, 0.2) is 0 Å². The van der Waals surface area contributed by atoms with Gasteiger partial charge in [0.2, 0.25) is 5.91 Å².